The van der Waals surface area contributed by atoms with Crippen molar-refractivity contribution in [2.45, 2.75) is 50.0 Å². The van der Waals surface area contributed by atoms with Gasteiger partial charge in [-0.15, -0.1) is 0 Å². The summed E-state index contributed by atoms with van der Waals surface area (Å²) in [6.45, 7) is 8.45. The summed E-state index contributed by atoms with van der Waals surface area (Å²) in [7, 11) is -1.39. The van der Waals surface area contributed by atoms with E-state index < -0.39 is 10.8 Å². The normalized spacial score (nSPS) is 13.9. The van der Waals surface area contributed by atoms with Gasteiger partial charge in [-0.25, -0.2) is 4.21 Å². The Morgan fingerprint density at radius 2 is 1.61 bits per heavy atom. The van der Waals surface area contributed by atoms with Crippen molar-refractivity contribution in [1.82, 2.24) is 4.57 Å². The molecule has 4 heteroatoms. The molecule has 0 aliphatic rings. The second kappa shape index (κ2) is 8.27. The molecule has 146 valence electrons. The lowest BCUT2D eigenvalue weighted by atomic mass is 9.74. The predicted octanol–water partition coefficient (Wildman–Crippen LogP) is 5.82. The van der Waals surface area contributed by atoms with Crippen LogP contribution in [0.4, 0.5) is 0 Å². The third kappa shape index (κ3) is 4.50. The monoisotopic (exact) mass is 393 g/mol. The number of nitrogens with zero attached hydrogens (tertiary/aromatic N) is 1. The summed E-state index contributed by atoms with van der Waals surface area (Å²) in [5.74, 6) is 0.0356. The molecule has 0 aliphatic heterocycles. The van der Waals surface area contributed by atoms with Crippen LogP contribution in [-0.4, -0.2) is 14.7 Å². The Morgan fingerprint density at radius 1 is 0.964 bits per heavy atom. The minimum atomic E-state index is -1.39. The molecule has 28 heavy (non-hydrogen) atoms. The molecule has 0 aliphatic carbocycles. The number of aromatic nitrogens is 1. The van der Waals surface area contributed by atoms with Gasteiger partial charge in [0.25, 0.3) is 0 Å². The predicted molar refractivity (Wildman–Crippen MR) is 114 cm³/mol. The molecule has 2 atom stereocenters. The molecule has 0 N–H and O–H groups in total. The van der Waals surface area contributed by atoms with E-state index in [9.17, 15) is 9.00 Å². The van der Waals surface area contributed by atoms with Crippen LogP contribution in [0.3, 0.4) is 0 Å². The first-order valence-corrected chi connectivity index (χ1v) is 10.7. The summed E-state index contributed by atoms with van der Waals surface area (Å²) in [5, 5.41) is 0.523. The standard InChI is InChI=1S/C24H27NO2S/c1-18-12-14-20(15-13-18)28(27)23-11-8-16-25(23)22(26)17-21(24(2,3)4)19-9-6-5-7-10-19/h5-16,21H,17H2,1-4H3/t21-,28?/m0/s1. The zero-order valence-electron chi connectivity index (χ0n) is 16.9. The Bertz CT molecular complexity index is 966. The molecule has 1 aromatic heterocycles. The first-order chi connectivity index (χ1) is 13.3. The quantitative estimate of drug-likeness (QED) is 0.547. The molecule has 0 spiro atoms. The number of hydrogen-bond acceptors (Lipinski definition) is 2. The number of rotatable bonds is 5. The highest BCUT2D eigenvalue weighted by atomic mass is 32.2. The zero-order chi connectivity index (χ0) is 20.3. The summed E-state index contributed by atoms with van der Waals surface area (Å²) in [6.07, 6.45) is 2.08. The van der Waals surface area contributed by atoms with Crippen LogP contribution in [0.1, 0.15) is 49.0 Å². The highest BCUT2D eigenvalue weighted by molar-refractivity contribution is 7.85. The van der Waals surface area contributed by atoms with Crippen LogP contribution in [0.15, 0.2) is 82.8 Å². The summed E-state index contributed by atoms with van der Waals surface area (Å²) in [4.78, 5) is 13.9. The van der Waals surface area contributed by atoms with Gasteiger partial charge in [0.2, 0.25) is 5.91 Å². The average Bonchev–Trinajstić information content (AvgIpc) is 3.15. The van der Waals surface area contributed by atoms with Gasteiger partial charge in [-0.3, -0.25) is 9.36 Å². The van der Waals surface area contributed by atoms with Crippen molar-refractivity contribution in [3.63, 3.8) is 0 Å². The highest BCUT2D eigenvalue weighted by Crippen LogP contribution is 2.38. The molecule has 3 rings (SSSR count). The lowest BCUT2D eigenvalue weighted by molar-refractivity contribution is 0.0859. The van der Waals surface area contributed by atoms with E-state index in [2.05, 4.69) is 32.9 Å². The Kier molecular flexibility index (Phi) is 5.99. The van der Waals surface area contributed by atoms with E-state index in [-0.39, 0.29) is 17.2 Å². The van der Waals surface area contributed by atoms with Crippen molar-refractivity contribution in [2.75, 3.05) is 0 Å². The molecule has 0 amide bonds. The smallest absolute Gasteiger partial charge is 0.232 e. The molecule has 0 saturated carbocycles. The summed E-state index contributed by atoms with van der Waals surface area (Å²) >= 11 is 0. The van der Waals surface area contributed by atoms with E-state index in [4.69, 9.17) is 0 Å². The van der Waals surface area contributed by atoms with E-state index in [1.165, 1.54) is 0 Å². The van der Waals surface area contributed by atoms with Crippen molar-refractivity contribution in [3.8, 4) is 0 Å². The fraction of sp³-hybridized carbons (Fsp3) is 0.292. The van der Waals surface area contributed by atoms with Gasteiger partial charge in [0, 0.05) is 17.5 Å². The first kappa shape index (κ1) is 20.3. The van der Waals surface area contributed by atoms with E-state index in [0.717, 1.165) is 11.1 Å². The fourth-order valence-electron chi connectivity index (χ4n) is 3.39. The Hall–Kier alpha value is -2.46. The molecule has 0 radical (unpaired) electrons. The third-order valence-electron chi connectivity index (χ3n) is 5.03. The molecular weight excluding hydrogens is 366 g/mol. The van der Waals surface area contributed by atoms with Gasteiger partial charge in [-0.2, -0.15) is 0 Å². The van der Waals surface area contributed by atoms with Crippen molar-refractivity contribution in [3.05, 3.63) is 84.1 Å². The van der Waals surface area contributed by atoms with Gasteiger partial charge < -0.3 is 0 Å². The van der Waals surface area contributed by atoms with Crippen molar-refractivity contribution >= 4 is 16.7 Å². The third-order valence-corrected chi connectivity index (χ3v) is 6.44. The van der Waals surface area contributed by atoms with Crippen LogP contribution in [-0.2, 0) is 10.8 Å². The summed E-state index contributed by atoms with van der Waals surface area (Å²) in [6, 6.07) is 21.3. The number of carbonyl (C=O) groups is 1. The molecular formula is C24H27NO2S. The topological polar surface area (TPSA) is 39.1 Å². The van der Waals surface area contributed by atoms with Crippen LogP contribution in [0.2, 0.25) is 0 Å². The van der Waals surface area contributed by atoms with Gasteiger partial charge >= 0.3 is 0 Å². The number of benzene rings is 2. The number of hydrogen-bond donors (Lipinski definition) is 0. The fourth-order valence-corrected chi connectivity index (χ4v) is 4.56. The van der Waals surface area contributed by atoms with E-state index in [1.807, 2.05) is 49.4 Å². The molecule has 2 aromatic carbocycles. The Balaban J connectivity index is 1.88. The van der Waals surface area contributed by atoms with Gasteiger partial charge in [-0.05, 0) is 48.1 Å². The maximum atomic E-state index is 13.2. The molecule has 3 aromatic rings. The number of aryl methyl sites for hydroxylation is 1. The Morgan fingerprint density at radius 3 is 2.21 bits per heavy atom. The van der Waals surface area contributed by atoms with Crippen LogP contribution in [0.25, 0.3) is 0 Å². The molecule has 0 bridgehead atoms. The average molecular weight is 394 g/mol. The molecule has 1 heterocycles. The second-order valence-corrected chi connectivity index (χ2v) is 9.65. The van der Waals surface area contributed by atoms with Crippen molar-refractivity contribution in [1.29, 1.82) is 0 Å². The van der Waals surface area contributed by atoms with E-state index >= 15 is 0 Å². The summed E-state index contributed by atoms with van der Waals surface area (Å²) in [5.41, 5.74) is 2.19. The maximum absolute atomic E-state index is 13.2. The minimum absolute atomic E-state index is 0.0377. The van der Waals surface area contributed by atoms with E-state index in [1.54, 1.807) is 22.9 Å². The lowest BCUT2D eigenvalue weighted by Gasteiger charge is -2.31. The van der Waals surface area contributed by atoms with Crippen molar-refractivity contribution < 1.29 is 9.00 Å². The lowest BCUT2D eigenvalue weighted by Crippen LogP contribution is -2.24. The second-order valence-electron chi connectivity index (χ2n) is 8.23. The summed E-state index contributed by atoms with van der Waals surface area (Å²) < 4.78 is 14.6. The minimum Gasteiger partial charge on any atom is -0.279 e. The molecule has 1 unspecified atom stereocenters. The van der Waals surface area contributed by atoms with Gasteiger partial charge in [0.05, 0.1) is 0 Å². The van der Waals surface area contributed by atoms with Crippen LogP contribution < -0.4 is 0 Å². The van der Waals surface area contributed by atoms with Gasteiger partial charge in [-0.1, -0.05) is 68.8 Å². The zero-order valence-corrected chi connectivity index (χ0v) is 17.7. The van der Waals surface area contributed by atoms with Gasteiger partial charge in [0.1, 0.15) is 15.8 Å². The molecule has 3 nitrogen and oxygen atoms in total. The van der Waals surface area contributed by atoms with Gasteiger partial charge in [0.15, 0.2) is 0 Å². The molecule has 0 fully saturated rings. The molecule has 0 saturated heterocycles. The van der Waals surface area contributed by atoms with Crippen molar-refractivity contribution in [2.24, 2.45) is 5.41 Å². The SMILES string of the molecule is Cc1ccc(S(=O)c2cccn2C(=O)C[C@@H](c2ccccc2)C(C)(C)C)cc1. The first-order valence-electron chi connectivity index (χ1n) is 9.51. The number of carbonyl (C=O) groups excluding carboxylic acids is 1. The largest absolute Gasteiger partial charge is 0.279 e. The van der Waals surface area contributed by atoms with E-state index in [0.29, 0.717) is 16.3 Å². The van der Waals surface area contributed by atoms with Crippen LogP contribution in [0.5, 0.6) is 0 Å². The Labute approximate surface area is 169 Å². The van der Waals surface area contributed by atoms with Crippen LogP contribution >= 0.6 is 0 Å². The maximum Gasteiger partial charge on any atom is 0.232 e. The highest BCUT2D eigenvalue weighted by Gasteiger charge is 2.29. The van der Waals surface area contributed by atoms with Crippen LogP contribution in [0, 0.1) is 12.3 Å².